The van der Waals surface area contributed by atoms with Gasteiger partial charge in [0.1, 0.15) is 23.1 Å². The number of halogens is 4. The first-order valence-electron chi connectivity index (χ1n) is 9.46. The largest absolute Gasteiger partial charge is 0.274 e. The molecule has 0 fully saturated rings. The van der Waals surface area contributed by atoms with Crippen LogP contribution in [-0.2, 0) is 11.8 Å². The molecule has 2 aromatic carbocycles. The van der Waals surface area contributed by atoms with E-state index in [1.54, 1.807) is 37.6 Å². The van der Waals surface area contributed by atoms with Gasteiger partial charge in [-0.05, 0) is 54.1 Å². The van der Waals surface area contributed by atoms with E-state index < -0.39 is 11.6 Å². The second-order valence-electron chi connectivity index (χ2n) is 6.99. The predicted octanol–water partition coefficient (Wildman–Crippen LogP) is 6.42. The van der Waals surface area contributed by atoms with Crippen molar-refractivity contribution in [3.8, 4) is 22.4 Å². The molecule has 0 unspecified atom stereocenters. The third kappa shape index (κ3) is 3.97. The van der Waals surface area contributed by atoms with Crippen LogP contribution in [0.1, 0.15) is 6.92 Å². The van der Waals surface area contributed by atoms with Gasteiger partial charge in [-0.25, -0.2) is 8.78 Å². The van der Waals surface area contributed by atoms with E-state index in [1.165, 1.54) is 40.8 Å². The summed E-state index contributed by atoms with van der Waals surface area (Å²) in [5.41, 5.74) is 2.61. The lowest BCUT2D eigenvalue weighted by Crippen LogP contribution is -2.26. The SMILES string of the molecule is CC(=O)N(c1ccc(F)cc1Cl)c1c(-c2ccncc2)c(-c2ccc(F)c(Cl)c2)nn1C. The van der Waals surface area contributed by atoms with Gasteiger partial charge in [-0.1, -0.05) is 23.2 Å². The fraction of sp³-hybridized carbons (Fsp3) is 0.0870. The first-order chi connectivity index (χ1) is 15.3. The molecule has 162 valence electrons. The molecule has 0 aliphatic carbocycles. The van der Waals surface area contributed by atoms with Gasteiger partial charge >= 0.3 is 0 Å². The Bertz CT molecular complexity index is 1330. The van der Waals surface area contributed by atoms with Crippen LogP contribution in [0.2, 0.25) is 10.0 Å². The average molecular weight is 473 g/mol. The number of hydrogen-bond donors (Lipinski definition) is 0. The van der Waals surface area contributed by atoms with Crippen molar-refractivity contribution >= 4 is 40.6 Å². The van der Waals surface area contributed by atoms with Crippen LogP contribution in [0.5, 0.6) is 0 Å². The van der Waals surface area contributed by atoms with Crippen molar-refractivity contribution in [2.45, 2.75) is 6.92 Å². The van der Waals surface area contributed by atoms with Gasteiger partial charge in [-0.3, -0.25) is 19.4 Å². The quantitative estimate of drug-likeness (QED) is 0.344. The summed E-state index contributed by atoms with van der Waals surface area (Å²) in [4.78, 5) is 18.2. The molecule has 0 radical (unpaired) electrons. The third-order valence-corrected chi connectivity index (χ3v) is 5.45. The van der Waals surface area contributed by atoms with E-state index in [2.05, 4.69) is 10.1 Å². The molecular formula is C23H16Cl2F2N4O. The van der Waals surface area contributed by atoms with Crippen molar-refractivity contribution in [2.24, 2.45) is 7.05 Å². The Morgan fingerprint density at radius 2 is 1.69 bits per heavy atom. The number of aromatic nitrogens is 3. The molecule has 32 heavy (non-hydrogen) atoms. The average Bonchev–Trinajstić information content (AvgIpc) is 3.09. The lowest BCUT2D eigenvalue weighted by molar-refractivity contribution is -0.115. The van der Waals surface area contributed by atoms with E-state index in [-0.39, 0.29) is 16.0 Å². The molecule has 0 spiro atoms. The van der Waals surface area contributed by atoms with Gasteiger partial charge in [0.05, 0.1) is 21.3 Å². The third-order valence-electron chi connectivity index (χ3n) is 4.86. The monoisotopic (exact) mass is 472 g/mol. The van der Waals surface area contributed by atoms with Gasteiger partial charge in [0.25, 0.3) is 0 Å². The predicted molar refractivity (Wildman–Crippen MR) is 121 cm³/mol. The highest BCUT2D eigenvalue weighted by atomic mass is 35.5. The van der Waals surface area contributed by atoms with Gasteiger partial charge in [0.2, 0.25) is 5.91 Å². The number of amides is 1. The molecule has 2 aromatic heterocycles. The highest BCUT2D eigenvalue weighted by molar-refractivity contribution is 6.34. The van der Waals surface area contributed by atoms with E-state index in [0.29, 0.717) is 33.9 Å². The van der Waals surface area contributed by atoms with Crippen LogP contribution in [0.4, 0.5) is 20.3 Å². The van der Waals surface area contributed by atoms with E-state index in [9.17, 15) is 13.6 Å². The minimum atomic E-state index is -0.555. The van der Waals surface area contributed by atoms with Crippen LogP contribution in [0.25, 0.3) is 22.4 Å². The fourth-order valence-electron chi connectivity index (χ4n) is 3.50. The van der Waals surface area contributed by atoms with E-state index in [4.69, 9.17) is 23.2 Å². The van der Waals surface area contributed by atoms with Crippen LogP contribution >= 0.6 is 23.2 Å². The number of nitrogens with zero attached hydrogens (tertiary/aromatic N) is 4. The van der Waals surface area contributed by atoms with E-state index in [0.717, 1.165) is 6.07 Å². The smallest absolute Gasteiger partial charge is 0.229 e. The molecule has 0 aliphatic heterocycles. The van der Waals surface area contributed by atoms with E-state index >= 15 is 0 Å². The topological polar surface area (TPSA) is 51.0 Å². The molecule has 0 atom stereocenters. The van der Waals surface area contributed by atoms with Crippen LogP contribution in [0.3, 0.4) is 0 Å². The number of benzene rings is 2. The summed E-state index contributed by atoms with van der Waals surface area (Å²) in [6.07, 6.45) is 3.22. The van der Waals surface area contributed by atoms with Crippen molar-refractivity contribution in [2.75, 3.05) is 4.90 Å². The van der Waals surface area contributed by atoms with Crippen LogP contribution in [-0.4, -0.2) is 20.7 Å². The van der Waals surface area contributed by atoms with Gasteiger partial charge < -0.3 is 0 Å². The number of aryl methyl sites for hydroxylation is 1. The summed E-state index contributed by atoms with van der Waals surface area (Å²) in [6.45, 7) is 1.37. The van der Waals surface area contributed by atoms with E-state index in [1.807, 2.05) is 0 Å². The highest BCUT2D eigenvalue weighted by Crippen LogP contribution is 2.43. The Morgan fingerprint density at radius 1 is 0.969 bits per heavy atom. The molecule has 0 N–H and O–H groups in total. The minimum Gasteiger partial charge on any atom is -0.274 e. The van der Waals surface area contributed by atoms with Crippen molar-refractivity contribution < 1.29 is 13.6 Å². The molecule has 0 saturated heterocycles. The number of rotatable bonds is 4. The zero-order valence-electron chi connectivity index (χ0n) is 17.0. The Morgan fingerprint density at radius 3 is 2.31 bits per heavy atom. The first-order valence-corrected chi connectivity index (χ1v) is 10.2. The molecule has 9 heteroatoms. The molecule has 4 aromatic rings. The lowest BCUT2D eigenvalue weighted by atomic mass is 10.0. The Balaban J connectivity index is 2.04. The van der Waals surface area contributed by atoms with Crippen molar-refractivity contribution in [3.63, 3.8) is 0 Å². The molecule has 0 saturated carbocycles. The van der Waals surface area contributed by atoms with Gasteiger partial charge in [0, 0.05) is 31.9 Å². The molecule has 1 amide bonds. The second-order valence-corrected chi connectivity index (χ2v) is 7.80. The summed E-state index contributed by atoms with van der Waals surface area (Å²) >= 11 is 12.3. The van der Waals surface area contributed by atoms with Crippen molar-refractivity contribution in [1.29, 1.82) is 0 Å². The van der Waals surface area contributed by atoms with Crippen LogP contribution < -0.4 is 4.90 Å². The number of hydrogen-bond acceptors (Lipinski definition) is 3. The molecular weight excluding hydrogens is 457 g/mol. The molecule has 2 heterocycles. The minimum absolute atomic E-state index is 0.0552. The highest BCUT2D eigenvalue weighted by Gasteiger charge is 2.28. The Kier molecular flexibility index (Phi) is 5.95. The summed E-state index contributed by atoms with van der Waals surface area (Å²) in [6, 6.07) is 11.6. The van der Waals surface area contributed by atoms with Crippen LogP contribution in [0, 0.1) is 11.6 Å². The fourth-order valence-corrected chi connectivity index (χ4v) is 3.93. The summed E-state index contributed by atoms with van der Waals surface area (Å²) in [7, 11) is 1.67. The molecule has 0 aliphatic rings. The zero-order valence-corrected chi connectivity index (χ0v) is 18.5. The number of pyridine rings is 1. The lowest BCUT2D eigenvalue weighted by Gasteiger charge is -2.24. The standard InChI is InChI=1S/C23H16Cl2F2N4O/c1-13(32)31(20-6-4-16(26)12-18(20)25)23-21(14-7-9-28-10-8-14)22(29-30(23)2)15-3-5-19(27)17(24)11-15/h3-12H,1-2H3. The number of carbonyl (C=O) groups excluding carboxylic acids is 1. The maximum atomic E-state index is 13.8. The molecule has 4 rings (SSSR count). The molecule has 0 bridgehead atoms. The summed E-state index contributed by atoms with van der Waals surface area (Å²) in [5.74, 6) is -1.04. The maximum absolute atomic E-state index is 13.8. The van der Waals surface area contributed by atoms with Gasteiger partial charge in [-0.15, -0.1) is 0 Å². The second kappa shape index (κ2) is 8.68. The van der Waals surface area contributed by atoms with Crippen LogP contribution in [0.15, 0.2) is 60.9 Å². The van der Waals surface area contributed by atoms with Crippen molar-refractivity contribution in [1.82, 2.24) is 14.8 Å². The summed E-state index contributed by atoms with van der Waals surface area (Å²) < 4.78 is 29.0. The first kappa shape index (κ1) is 21.9. The zero-order chi connectivity index (χ0) is 23.0. The number of carbonyl (C=O) groups is 1. The normalized spacial score (nSPS) is 10.9. The number of anilines is 2. The van der Waals surface area contributed by atoms with Gasteiger partial charge in [0.15, 0.2) is 0 Å². The van der Waals surface area contributed by atoms with Crippen molar-refractivity contribution in [3.05, 3.63) is 82.6 Å². The van der Waals surface area contributed by atoms with Gasteiger partial charge in [-0.2, -0.15) is 5.10 Å². The summed E-state index contributed by atoms with van der Waals surface area (Å²) in [5, 5.41) is 4.62. The Labute approximate surface area is 192 Å². The Hall–Kier alpha value is -3.29. The molecule has 5 nitrogen and oxygen atoms in total. The maximum Gasteiger partial charge on any atom is 0.229 e.